The monoisotopic (exact) mass is 441 g/mol. The van der Waals surface area contributed by atoms with Gasteiger partial charge in [-0.3, -0.25) is 0 Å². The molecule has 7 heteroatoms. The lowest BCUT2D eigenvalue weighted by Gasteiger charge is -2.23. The van der Waals surface area contributed by atoms with Crippen molar-refractivity contribution in [2.75, 3.05) is 6.61 Å². The molecule has 0 bridgehead atoms. The molecule has 0 saturated carbocycles. The number of aromatic nitrogens is 3. The second-order valence-electron chi connectivity index (χ2n) is 8.59. The van der Waals surface area contributed by atoms with Gasteiger partial charge < -0.3 is 9.84 Å². The number of benzene rings is 2. The topological polar surface area (TPSA) is 60.2 Å². The van der Waals surface area contributed by atoms with Gasteiger partial charge in [0.25, 0.3) is 0 Å². The number of phenols is 1. The maximum Gasteiger partial charge on any atom is 0.147 e. The van der Waals surface area contributed by atoms with Crippen molar-refractivity contribution in [3.05, 3.63) is 52.2 Å². The number of hydrogen-bond acceptors (Lipinski definition) is 4. The van der Waals surface area contributed by atoms with Crippen LogP contribution < -0.4 is 4.74 Å². The summed E-state index contributed by atoms with van der Waals surface area (Å²) in [5, 5.41) is 20.6. The van der Waals surface area contributed by atoms with E-state index in [4.69, 9.17) is 16.3 Å². The first-order chi connectivity index (χ1) is 14.1. The van der Waals surface area contributed by atoms with Crippen LogP contribution in [0.5, 0.6) is 11.5 Å². The van der Waals surface area contributed by atoms with Crippen LogP contribution in [0.15, 0.2) is 41.6 Å². The first-order valence-corrected chi connectivity index (χ1v) is 11.7. The average molecular weight is 442 g/mol. The van der Waals surface area contributed by atoms with Crippen molar-refractivity contribution < 1.29 is 9.84 Å². The Bertz CT molecular complexity index is 1070. The lowest BCUT2D eigenvalue weighted by molar-refractivity contribution is 0.315. The molecule has 0 aliphatic heterocycles. The van der Waals surface area contributed by atoms with Crippen LogP contribution in [0.2, 0.25) is 11.1 Å². The molecule has 1 N–H and O–H groups in total. The molecule has 2 aromatic carbocycles. The molecule has 0 fully saturated rings. The molecule has 1 aromatic heterocycles. The summed E-state index contributed by atoms with van der Waals surface area (Å²) in [6.07, 6.45) is 0.978. The van der Waals surface area contributed by atoms with Crippen LogP contribution >= 0.6 is 11.6 Å². The number of ether oxygens (including phenoxy) is 1. The standard InChI is InChI=1S/C23H28ClN3O2Si/c1-15(2)14-30-10-6-9-29-17-12-18(23(3,4)5)22(28)21(13-17)27-25-19-8-7-16(24)11-20(19)26-27/h7-8,11-14,28H,6,9-10H2,1-5H3. The molecule has 2 radical (unpaired) electrons. The molecule has 158 valence electrons. The van der Waals surface area contributed by atoms with Gasteiger partial charge in [0.05, 0.1) is 16.1 Å². The minimum atomic E-state index is -0.265. The van der Waals surface area contributed by atoms with E-state index in [1.54, 1.807) is 18.2 Å². The van der Waals surface area contributed by atoms with Crippen molar-refractivity contribution in [2.45, 2.75) is 52.5 Å². The number of aromatic hydroxyl groups is 1. The SMILES string of the molecule is CC(C)=C[Si]CCCOc1cc(-n2nc3ccc(Cl)cc3n2)c(O)c(C(C)(C)C)c1. The van der Waals surface area contributed by atoms with Crippen molar-refractivity contribution >= 4 is 32.2 Å². The molecule has 0 amide bonds. The van der Waals surface area contributed by atoms with Gasteiger partial charge in [0.2, 0.25) is 0 Å². The maximum atomic E-state index is 11.0. The van der Waals surface area contributed by atoms with E-state index in [9.17, 15) is 5.11 Å². The molecule has 0 atom stereocenters. The van der Waals surface area contributed by atoms with Gasteiger partial charge in [-0.25, -0.2) is 0 Å². The van der Waals surface area contributed by atoms with Crippen molar-refractivity contribution in [3.63, 3.8) is 0 Å². The number of hydrogen-bond donors (Lipinski definition) is 1. The minimum absolute atomic E-state index is 0.159. The van der Waals surface area contributed by atoms with E-state index in [-0.39, 0.29) is 11.2 Å². The van der Waals surface area contributed by atoms with E-state index in [1.165, 1.54) is 10.4 Å². The predicted octanol–water partition coefficient (Wildman–Crippen LogP) is 5.89. The molecule has 5 nitrogen and oxygen atoms in total. The Hall–Kier alpha value is -2.31. The largest absolute Gasteiger partial charge is 0.505 e. The van der Waals surface area contributed by atoms with Gasteiger partial charge in [-0.05, 0) is 49.9 Å². The molecule has 3 aromatic rings. The van der Waals surface area contributed by atoms with E-state index in [0.717, 1.165) is 27.5 Å². The second kappa shape index (κ2) is 9.23. The fourth-order valence-electron chi connectivity index (χ4n) is 3.04. The van der Waals surface area contributed by atoms with Gasteiger partial charge in [0.1, 0.15) is 28.2 Å². The predicted molar refractivity (Wildman–Crippen MR) is 124 cm³/mol. The molecule has 0 aliphatic carbocycles. The van der Waals surface area contributed by atoms with Gasteiger partial charge in [0, 0.05) is 16.7 Å². The van der Waals surface area contributed by atoms with Gasteiger partial charge in [0.15, 0.2) is 0 Å². The number of halogens is 1. The number of rotatable bonds is 7. The van der Waals surface area contributed by atoms with Gasteiger partial charge in [-0.1, -0.05) is 44.0 Å². The molecule has 0 unspecified atom stereocenters. The zero-order valence-corrected chi connectivity index (χ0v) is 19.9. The van der Waals surface area contributed by atoms with Gasteiger partial charge in [-0.15, -0.1) is 20.7 Å². The van der Waals surface area contributed by atoms with E-state index >= 15 is 0 Å². The van der Waals surface area contributed by atoms with Crippen LogP contribution in [0, 0.1) is 0 Å². The van der Waals surface area contributed by atoms with E-state index in [2.05, 4.69) is 50.5 Å². The zero-order chi connectivity index (χ0) is 21.9. The normalized spacial score (nSPS) is 11.7. The number of allylic oxidation sites excluding steroid dienone is 1. The van der Waals surface area contributed by atoms with Crippen LogP contribution in [0.25, 0.3) is 16.7 Å². The summed E-state index contributed by atoms with van der Waals surface area (Å²) in [6, 6.07) is 10.2. The Kier molecular flexibility index (Phi) is 6.88. The Morgan fingerprint density at radius 3 is 2.60 bits per heavy atom. The summed E-state index contributed by atoms with van der Waals surface area (Å²) in [5.74, 6) is 0.865. The summed E-state index contributed by atoms with van der Waals surface area (Å²) in [7, 11) is 0.818. The third-order valence-electron chi connectivity index (χ3n) is 4.55. The fourth-order valence-corrected chi connectivity index (χ4v) is 4.10. The highest BCUT2D eigenvalue weighted by molar-refractivity contribution is 6.42. The smallest absolute Gasteiger partial charge is 0.147 e. The summed E-state index contributed by atoms with van der Waals surface area (Å²) in [4.78, 5) is 1.45. The van der Waals surface area contributed by atoms with Crippen LogP contribution in [0.4, 0.5) is 0 Å². The maximum absolute atomic E-state index is 11.0. The van der Waals surface area contributed by atoms with Crippen LogP contribution in [-0.4, -0.2) is 36.2 Å². The van der Waals surface area contributed by atoms with E-state index in [1.807, 2.05) is 12.1 Å². The molecule has 30 heavy (non-hydrogen) atoms. The first-order valence-electron chi connectivity index (χ1n) is 10.0. The van der Waals surface area contributed by atoms with Crippen LogP contribution in [0.3, 0.4) is 0 Å². The zero-order valence-electron chi connectivity index (χ0n) is 18.2. The van der Waals surface area contributed by atoms with E-state index in [0.29, 0.717) is 34.1 Å². The van der Waals surface area contributed by atoms with Crippen LogP contribution in [-0.2, 0) is 5.41 Å². The summed E-state index contributed by atoms with van der Waals surface area (Å²) >= 11 is 6.08. The molecule has 0 spiro atoms. The molecular formula is C23H28ClN3O2Si. The van der Waals surface area contributed by atoms with Gasteiger partial charge in [-0.2, -0.15) is 0 Å². The average Bonchev–Trinajstić information content (AvgIpc) is 3.07. The minimum Gasteiger partial charge on any atom is -0.505 e. The number of phenolic OH excluding ortho intramolecular Hbond substituents is 1. The molecule has 1 heterocycles. The van der Waals surface area contributed by atoms with Crippen molar-refractivity contribution in [3.8, 4) is 17.2 Å². The highest BCUT2D eigenvalue weighted by atomic mass is 35.5. The number of fused-ring (bicyclic) bond motifs is 1. The molecular weight excluding hydrogens is 414 g/mol. The Balaban J connectivity index is 1.89. The molecule has 0 saturated heterocycles. The molecule has 0 aliphatic rings. The first kappa shape index (κ1) is 22.4. The number of nitrogens with zero attached hydrogens (tertiary/aromatic N) is 3. The van der Waals surface area contributed by atoms with Crippen molar-refractivity contribution in [2.24, 2.45) is 0 Å². The quantitative estimate of drug-likeness (QED) is 0.366. The lowest BCUT2D eigenvalue weighted by Crippen LogP contribution is -2.14. The summed E-state index contributed by atoms with van der Waals surface area (Å²) < 4.78 is 6.04. The van der Waals surface area contributed by atoms with Gasteiger partial charge >= 0.3 is 0 Å². The third kappa shape index (κ3) is 5.43. The Morgan fingerprint density at radius 2 is 1.90 bits per heavy atom. The van der Waals surface area contributed by atoms with E-state index < -0.39 is 0 Å². The Morgan fingerprint density at radius 1 is 1.17 bits per heavy atom. The molecule has 3 rings (SSSR count). The Labute approximate surface area is 185 Å². The lowest BCUT2D eigenvalue weighted by atomic mass is 9.86. The highest BCUT2D eigenvalue weighted by Gasteiger charge is 2.23. The van der Waals surface area contributed by atoms with Crippen molar-refractivity contribution in [1.29, 1.82) is 0 Å². The van der Waals surface area contributed by atoms with Crippen LogP contribution in [0.1, 0.15) is 46.6 Å². The summed E-state index contributed by atoms with van der Waals surface area (Å²) in [5.41, 5.74) is 6.04. The second-order valence-corrected chi connectivity index (χ2v) is 10.2. The van der Waals surface area contributed by atoms with Crippen molar-refractivity contribution in [1.82, 2.24) is 15.0 Å². The summed E-state index contributed by atoms with van der Waals surface area (Å²) in [6.45, 7) is 11.0. The third-order valence-corrected chi connectivity index (χ3v) is 6.21. The fraction of sp³-hybridized carbons (Fsp3) is 0.391. The highest BCUT2D eigenvalue weighted by Crippen LogP contribution is 2.38.